The number of aliphatic hydroxyl groups excluding tert-OH is 1. The van der Waals surface area contributed by atoms with Gasteiger partial charge in [-0.15, -0.1) is 11.3 Å². The summed E-state index contributed by atoms with van der Waals surface area (Å²) in [6, 6.07) is 12.2. The number of hydrogen-bond donors (Lipinski definition) is 1. The SMILES string of the molecule is CCc1ccc(CC(O)c2cccc(COC)c2)s1. The quantitative estimate of drug-likeness (QED) is 0.871. The van der Waals surface area contributed by atoms with E-state index in [0.29, 0.717) is 13.0 Å². The number of ether oxygens (including phenoxy) is 1. The predicted molar refractivity (Wildman–Crippen MR) is 79.5 cm³/mol. The molecule has 0 fully saturated rings. The Labute approximate surface area is 118 Å². The van der Waals surface area contributed by atoms with Gasteiger partial charge in [-0.05, 0) is 29.7 Å². The third kappa shape index (κ3) is 3.90. The van der Waals surface area contributed by atoms with Crippen LogP contribution in [0.2, 0.25) is 0 Å². The minimum Gasteiger partial charge on any atom is -0.388 e. The molecule has 3 heteroatoms. The average Bonchev–Trinajstić information content (AvgIpc) is 2.87. The van der Waals surface area contributed by atoms with Crippen LogP contribution in [0.15, 0.2) is 36.4 Å². The maximum absolute atomic E-state index is 10.3. The number of thiophene rings is 1. The summed E-state index contributed by atoms with van der Waals surface area (Å²) in [5.74, 6) is 0. The lowest BCUT2D eigenvalue weighted by atomic mass is 10.0. The maximum atomic E-state index is 10.3. The van der Waals surface area contributed by atoms with Gasteiger partial charge >= 0.3 is 0 Å². The van der Waals surface area contributed by atoms with Gasteiger partial charge in [0, 0.05) is 23.3 Å². The van der Waals surface area contributed by atoms with Crippen LogP contribution in [-0.2, 0) is 24.2 Å². The minimum absolute atomic E-state index is 0.444. The van der Waals surface area contributed by atoms with Crippen LogP contribution in [0.25, 0.3) is 0 Å². The third-order valence-corrected chi connectivity index (χ3v) is 4.36. The van der Waals surface area contributed by atoms with E-state index in [0.717, 1.165) is 17.5 Å². The number of methoxy groups -OCH3 is 1. The fourth-order valence-electron chi connectivity index (χ4n) is 2.09. The molecular weight excluding hydrogens is 256 g/mol. The highest BCUT2D eigenvalue weighted by atomic mass is 32.1. The van der Waals surface area contributed by atoms with Crippen molar-refractivity contribution >= 4 is 11.3 Å². The van der Waals surface area contributed by atoms with Gasteiger partial charge in [0.2, 0.25) is 0 Å². The van der Waals surface area contributed by atoms with Crippen molar-refractivity contribution in [3.63, 3.8) is 0 Å². The van der Waals surface area contributed by atoms with Crippen LogP contribution >= 0.6 is 11.3 Å². The van der Waals surface area contributed by atoms with Crippen molar-refractivity contribution in [2.45, 2.75) is 32.5 Å². The van der Waals surface area contributed by atoms with Gasteiger partial charge in [-0.3, -0.25) is 0 Å². The second-order valence-electron chi connectivity index (χ2n) is 4.62. The highest BCUT2D eigenvalue weighted by molar-refractivity contribution is 7.11. The Morgan fingerprint density at radius 2 is 2.00 bits per heavy atom. The molecule has 0 amide bonds. The Balaban J connectivity index is 2.06. The first-order chi connectivity index (χ1) is 9.22. The molecule has 0 radical (unpaired) electrons. The van der Waals surface area contributed by atoms with Crippen molar-refractivity contribution in [2.75, 3.05) is 7.11 Å². The predicted octanol–water partition coefficient (Wildman–Crippen LogP) is 3.73. The van der Waals surface area contributed by atoms with Crippen LogP contribution in [-0.4, -0.2) is 12.2 Å². The number of benzene rings is 1. The maximum Gasteiger partial charge on any atom is 0.0838 e. The summed E-state index contributed by atoms with van der Waals surface area (Å²) in [7, 11) is 1.68. The molecule has 0 spiro atoms. The second kappa shape index (κ2) is 6.85. The zero-order valence-corrected chi connectivity index (χ0v) is 12.2. The molecular formula is C16H20O2S. The van der Waals surface area contributed by atoms with E-state index in [-0.39, 0.29) is 0 Å². The van der Waals surface area contributed by atoms with Gasteiger partial charge in [-0.25, -0.2) is 0 Å². The standard InChI is InChI=1S/C16H20O2S/c1-3-14-7-8-15(19-14)10-16(17)13-6-4-5-12(9-13)11-18-2/h4-9,16-17H,3,10-11H2,1-2H3. The molecule has 2 aromatic rings. The minimum atomic E-state index is -0.444. The molecule has 2 rings (SSSR count). The number of aliphatic hydroxyl groups is 1. The van der Waals surface area contributed by atoms with E-state index in [1.54, 1.807) is 18.4 Å². The summed E-state index contributed by atoms with van der Waals surface area (Å²) in [5, 5.41) is 10.3. The van der Waals surface area contributed by atoms with Gasteiger partial charge in [-0.2, -0.15) is 0 Å². The molecule has 0 aliphatic heterocycles. The van der Waals surface area contributed by atoms with E-state index < -0.39 is 6.10 Å². The van der Waals surface area contributed by atoms with Crippen LogP contribution in [0.1, 0.15) is 33.9 Å². The smallest absolute Gasteiger partial charge is 0.0838 e. The molecule has 1 heterocycles. The second-order valence-corrected chi connectivity index (χ2v) is 5.87. The third-order valence-electron chi connectivity index (χ3n) is 3.11. The van der Waals surface area contributed by atoms with Crippen LogP contribution < -0.4 is 0 Å². The van der Waals surface area contributed by atoms with E-state index in [1.165, 1.54) is 9.75 Å². The van der Waals surface area contributed by atoms with Gasteiger partial charge in [-0.1, -0.05) is 31.2 Å². The fourth-order valence-corrected chi connectivity index (χ4v) is 3.08. The highest BCUT2D eigenvalue weighted by Crippen LogP contribution is 2.24. The molecule has 1 N–H and O–H groups in total. The zero-order valence-electron chi connectivity index (χ0n) is 11.4. The van der Waals surface area contributed by atoms with Crippen molar-refractivity contribution in [2.24, 2.45) is 0 Å². The summed E-state index contributed by atoms with van der Waals surface area (Å²) in [5.41, 5.74) is 2.06. The Morgan fingerprint density at radius 1 is 1.21 bits per heavy atom. The van der Waals surface area contributed by atoms with E-state index in [1.807, 2.05) is 24.3 Å². The lowest BCUT2D eigenvalue weighted by Gasteiger charge is -2.11. The monoisotopic (exact) mass is 276 g/mol. The van der Waals surface area contributed by atoms with Crippen LogP contribution in [0, 0.1) is 0 Å². The van der Waals surface area contributed by atoms with Gasteiger partial charge in [0.25, 0.3) is 0 Å². The fraction of sp³-hybridized carbons (Fsp3) is 0.375. The molecule has 1 aromatic heterocycles. The molecule has 0 bridgehead atoms. The topological polar surface area (TPSA) is 29.5 Å². The van der Waals surface area contributed by atoms with Crippen molar-refractivity contribution in [1.29, 1.82) is 0 Å². The summed E-state index contributed by atoms with van der Waals surface area (Å²) in [4.78, 5) is 2.61. The molecule has 0 saturated carbocycles. The van der Waals surface area contributed by atoms with Gasteiger partial charge in [0.15, 0.2) is 0 Å². The molecule has 0 saturated heterocycles. The summed E-state index contributed by atoms with van der Waals surface area (Å²) in [6.07, 6.45) is 1.30. The van der Waals surface area contributed by atoms with Crippen LogP contribution in [0.4, 0.5) is 0 Å². The van der Waals surface area contributed by atoms with E-state index in [9.17, 15) is 5.11 Å². The molecule has 1 aromatic carbocycles. The molecule has 1 atom stereocenters. The van der Waals surface area contributed by atoms with Crippen LogP contribution in [0.3, 0.4) is 0 Å². The summed E-state index contributed by atoms with van der Waals surface area (Å²) < 4.78 is 5.12. The zero-order chi connectivity index (χ0) is 13.7. The Kier molecular flexibility index (Phi) is 5.14. The van der Waals surface area contributed by atoms with Gasteiger partial charge in [0.1, 0.15) is 0 Å². The van der Waals surface area contributed by atoms with Crippen molar-refractivity contribution < 1.29 is 9.84 Å². The Morgan fingerprint density at radius 3 is 2.68 bits per heavy atom. The highest BCUT2D eigenvalue weighted by Gasteiger charge is 2.10. The molecule has 1 unspecified atom stereocenters. The summed E-state index contributed by atoms with van der Waals surface area (Å²) >= 11 is 1.79. The average molecular weight is 276 g/mol. The molecule has 2 nitrogen and oxygen atoms in total. The van der Waals surface area contributed by atoms with Crippen molar-refractivity contribution in [1.82, 2.24) is 0 Å². The molecule has 0 aliphatic rings. The normalized spacial score (nSPS) is 12.6. The first kappa shape index (κ1) is 14.3. The summed E-state index contributed by atoms with van der Waals surface area (Å²) in [6.45, 7) is 2.74. The van der Waals surface area contributed by atoms with E-state index in [2.05, 4.69) is 19.1 Å². The number of aryl methyl sites for hydroxylation is 1. The largest absolute Gasteiger partial charge is 0.388 e. The molecule has 0 aliphatic carbocycles. The Bertz CT molecular complexity index is 519. The first-order valence-electron chi connectivity index (χ1n) is 6.56. The van der Waals surface area contributed by atoms with Crippen molar-refractivity contribution in [3.8, 4) is 0 Å². The molecule has 102 valence electrons. The van der Waals surface area contributed by atoms with Crippen LogP contribution in [0.5, 0.6) is 0 Å². The lowest BCUT2D eigenvalue weighted by molar-refractivity contribution is 0.176. The van der Waals surface area contributed by atoms with E-state index in [4.69, 9.17) is 4.74 Å². The Hall–Kier alpha value is -1.16. The lowest BCUT2D eigenvalue weighted by Crippen LogP contribution is -2.01. The number of rotatable bonds is 6. The van der Waals surface area contributed by atoms with E-state index >= 15 is 0 Å². The van der Waals surface area contributed by atoms with Gasteiger partial charge in [0.05, 0.1) is 12.7 Å². The first-order valence-corrected chi connectivity index (χ1v) is 7.38. The van der Waals surface area contributed by atoms with Crippen molar-refractivity contribution in [3.05, 3.63) is 57.3 Å². The number of hydrogen-bond acceptors (Lipinski definition) is 3. The van der Waals surface area contributed by atoms with Gasteiger partial charge < -0.3 is 9.84 Å². The molecule has 19 heavy (non-hydrogen) atoms.